The molecule has 8 nitrogen and oxygen atoms in total. The zero-order valence-electron chi connectivity index (χ0n) is 17.3. The Morgan fingerprint density at radius 2 is 2.00 bits per heavy atom. The summed E-state index contributed by atoms with van der Waals surface area (Å²) in [7, 11) is 0. The highest BCUT2D eigenvalue weighted by Gasteiger charge is 2.25. The van der Waals surface area contributed by atoms with E-state index < -0.39 is 11.7 Å². The van der Waals surface area contributed by atoms with Crippen LogP contribution in [0.2, 0.25) is 0 Å². The molecule has 0 bridgehead atoms. The van der Waals surface area contributed by atoms with Crippen LogP contribution in [0.5, 0.6) is 0 Å². The van der Waals surface area contributed by atoms with Gasteiger partial charge in [0.15, 0.2) is 10.7 Å². The fourth-order valence-corrected chi connectivity index (χ4v) is 4.12. The number of unbranched alkanes of at least 4 members (excludes halogenated alkanes) is 2. The second kappa shape index (κ2) is 9.71. The van der Waals surface area contributed by atoms with Crippen molar-refractivity contribution in [1.29, 1.82) is 0 Å². The molecule has 160 valence electrons. The number of hydrogen-bond donors (Lipinski definition) is 0. The van der Waals surface area contributed by atoms with Crippen molar-refractivity contribution < 1.29 is 18.7 Å². The molecule has 0 aliphatic rings. The predicted molar refractivity (Wildman–Crippen MR) is 115 cm³/mol. The fourth-order valence-electron chi connectivity index (χ4n) is 3.11. The van der Waals surface area contributed by atoms with Crippen molar-refractivity contribution >= 4 is 39.4 Å². The van der Waals surface area contributed by atoms with Gasteiger partial charge in [-0.3, -0.25) is 14.3 Å². The molecule has 30 heavy (non-hydrogen) atoms. The molecule has 0 saturated carbocycles. The molecule has 0 N–H and O–H groups in total. The molecule has 1 aromatic carbocycles. The van der Waals surface area contributed by atoms with Gasteiger partial charge in [0.25, 0.3) is 0 Å². The number of esters is 1. The standard InChI is InChI=1S/C21H25N3O5S/c1-4-6-9-12-23(20-22-14(3)18(30-20)19(26)28-5-2)17(25)13-24-15-10-7-8-11-16(15)29-21(24)27/h7-8,10-11H,4-6,9,12-13H2,1-3H3. The van der Waals surface area contributed by atoms with Gasteiger partial charge < -0.3 is 9.15 Å². The van der Waals surface area contributed by atoms with Crippen LogP contribution in [0.25, 0.3) is 11.1 Å². The first-order valence-electron chi connectivity index (χ1n) is 9.99. The Morgan fingerprint density at radius 1 is 1.23 bits per heavy atom. The lowest BCUT2D eigenvalue weighted by molar-refractivity contribution is -0.119. The van der Waals surface area contributed by atoms with Crippen LogP contribution in [0.4, 0.5) is 5.13 Å². The van der Waals surface area contributed by atoms with E-state index in [-0.39, 0.29) is 19.1 Å². The SMILES string of the molecule is CCCCCN(C(=O)Cn1c(=O)oc2ccccc21)c1nc(C)c(C(=O)OCC)s1. The third kappa shape index (κ3) is 4.62. The van der Waals surface area contributed by atoms with Crippen molar-refractivity contribution in [2.45, 2.75) is 46.6 Å². The zero-order chi connectivity index (χ0) is 21.7. The Balaban J connectivity index is 1.90. The van der Waals surface area contributed by atoms with Gasteiger partial charge in [-0.1, -0.05) is 43.2 Å². The number of oxazole rings is 1. The van der Waals surface area contributed by atoms with Gasteiger partial charge in [0, 0.05) is 6.54 Å². The highest BCUT2D eigenvalue weighted by Crippen LogP contribution is 2.28. The molecule has 2 heterocycles. The van der Waals surface area contributed by atoms with E-state index in [0.717, 1.165) is 30.6 Å². The Labute approximate surface area is 178 Å². The molecule has 0 aliphatic carbocycles. The van der Waals surface area contributed by atoms with Crippen molar-refractivity contribution in [3.05, 3.63) is 45.4 Å². The molecule has 9 heteroatoms. The molecule has 0 saturated heterocycles. The third-order valence-corrected chi connectivity index (χ3v) is 5.79. The lowest BCUT2D eigenvalue weighted by atomic mass is 10.2. The minimum atomic E-state index is -0.583. The van der Waals surface area contributed by atoms with E-state index in [1.807, 2.05) is 0 Å². The Morgan fingerprint density at radius 3 is 2.73 bits per heavy atom. The van der Waals surface area contributed by atoms with Crippen molar-refractivity contribution in [2.24, 2.45) is 0 Å². The lowest BCUT2D eigenvalue weighted by Crippen LogP contribution is -2.36. The van der Waals surface area contributed by atoms with E-state index in [4.69, 9.17) is 9.15 Å². The minimum Gasteiger partial charge on any atom is -0.462 e. The van der Waals surface area contributed by atoms with Gasteiger partial charge in [-0.2, -0.15) is 0 Å². The summed E-state index contributed by atoms with van der Waals surface area (Å²) < 4.78 is 11.6. The van der Waals surface area contributed by atoms with Crippen LogP contribution in [0.3, 0.4) is 0 Å². The smallest absolute Gasteiger partial charge is 0.420 e. The van der Waals surface area contributed by atoms with E-state index in [0.29, 0.717) is 33.3 Å². The number of hydrogen-bond acceptors (Lipinski definition) is 7. The first kappa shape index (κ1) is 21.8. The summed E-state index contributed by atoms with van der Waals surface area (Å²) in [6.45, 7) is 6.08. The van der Waals surface area contributed by atoms with Crippen LogP contribution in [0.1, 0.15) is 48.5 Å². The number of carbonyl (C=O) groups excluding carboxylic acids is 2. The summed E-state index contributed by atoms with van der Waals surface area (Å²) in [6, 6.07) is 6.98. The number of thiazole rings is 1. The summed E-state index contributed by atoms with van der Waals surface area (Å²) in [5.41, 5.74) is 1.52. The Kier molecular flexibility index (Phi) is 7.04. The second-order valence-electron chi connectivity index (χ2n) is 6.81. The second-order valence-corrected chi connectivity index (χ2v) is 7.78. The molecule has 0 spiro atoms. The average Bonchev–Trinajstić information content (AvgIpc) is 3.25. The molecule has 0 aliphatic heterocycles. The van der Waals surface area contributed by atoms with Gasteiger partial charge in [-0.05, 0) is 32.4 Å². The minimum absolute atomic E-state index is 0.171. The average molecular weight is 432 g/mol. The summed E-state index contributed by atoms with van der Waals surface area (Å²) in [4.78, 5) is 44.0. The van der Waals surface area contributed by atoms with Crippen LogP contribution in [0.15, 0.2) is 33.5 Å². The normalized spacial score (nSPS) is 11.0. The molecular weight excluding hydrogens is 406 g/mol. The number of benzene rings is 1. The van der Waals surface area contributed by atoms with E-state index in [2.05, 4.69) is 11.9 Å². The maximum absolute atomic E-state index is 13.2. The molecular formula is C21H25N3O5S. The van der Waals surface area contributed by atoms with Gasteiger partial charge in [-0.15, -0.1) is 0 Å². The maximum atomic E-state index is 13.2. The largest absolute Gasteiger partial charge is 0.462 e. The van der Waals surface area contributed by atoms with Gasteiger partial charge in [0.2, 0.25) is 5.91 Å². The van der Waals surface area contributed by atoms with E-state index in [9.17, 15) is 14.4 Å². The summed E-state index contributed by atoms with van der Waals surface area (Å²) >= 11 is 1.13. The number of rotatable bonds is 9. The molecule has 0 fully saturated rings. The van der Waals surface area contributed by atoms with Gasteiger partial charge in [-0.25, -0.2) is 14.6 Å². The van der Waals surface area contributed by atoms with Crippen molar-refractivity contribution in [3.63, 3.8) is 0 Å². The van der Waals surface area contributed by atoms with Crippen LogP contribution >= 0.6 is 11.3 Å². The van der Waals surface area contributed by atoms with Gasteiger partial charge in [0.1, 0.15) is 11.4 Å². The van der Waals surface area contributed by atoms with Crippen molar-refractivity contribution in [1.82, 2.24) is 9.55 Å². The van der Waals surface area contributed by atoms with E-state index in [1.165, 1.54) is 4.57 Å². The number of fused-ring (bicyclic) bond motifs is 1. The predicted octanol–water partition coefficient (Wildman–Crippen LogP) is 3.76. The Hall–Kier alpha value is -2.94. The van der Waals surface area contributed by atoms with Crippen LogP contribution in [-0.4, -0.2) is 34.6 Å². The number of aryl methyl sites for hydroxylation is 1. The third-order valence-electron chi connectivity index (χ3n) is 4.63. The number of para-hydroxylation sites is 2. The summed E-state index contributed by atoms with van der Waals surface area (Å²) in [5, 5.41) is 0.428. The lowest BCUT2D eigenvalue weighted by Gasteiger charge is -2.20. The zero-order valence-corrected chi connectivity index (χ0v) is 18.2. The molecule has 0 radical (unpaired) electrons. The first-order valence-corrected chi connectivity index (χ1v) is 10.8. The van der Waals surface area contributed by atoms with Crippen LogP contribution in [-0.2, 0) is 16.1 Å². The van der Waals surface area contributed by atoms with Crippen LogP contribution in [0, 0.1) is 6.92 Å². The molecule has 0 atom stereocenters. The Bertz CT molecular complexity index is 1100. The monoisotopic (exact) mass is 431 g/mol. The molecule has 0 unspecified atom stereocenters. The highest BCUT2D eigenvalue weighted by atomic mass is 32.1. The number of ether oxygens (including phenoxy) is 1. The molecule has 2 aromatic heterocycles. The molecule has 3 aromatic rings. The number of nitrogens with zero attached hydrogens (tertiary/aromatic N) is 3. The van der Waals surface area contributed by atoms with Crippen LogP contribution < -0.4 is 10.7 Å². The van der Waals surface area contributed by atoms with E-state index >= 15 is 0 Å². The van der Waals surface area contributed by atoms with Gasteiger partial charge >= 0.3 is 11.7 Å². The topological polar surface area (TPSA) is 94.6 Å². The maximum Gasteiger partial charge on any atom is 0.420 e. The number of carbonyl (C=O) groups is 2. The summed E-state index contributed by atoms with van der Waals surface area (Å²) in [5.74, 6) is -1.32. The number of anilines is 1. The van der Waals surface area contributed by atoms with Crippen molar-refractivity contribution in [3.8, 4) is 0 Å². The highest BCUT2D eigenvalue weighted by molar-refractivity contribution is 7.17. The number of aromatic nitrogens is 2. The summed E-state index contributed by atoms with van der Waals surface area (Å²) in [6.07, 6.45) is 2.74. The first-order chi connectivity index (χ1) is 14.5. The van der Waals surface area contributed by atoms with Crippen molar-refractivity contribution in [2.75, 3.05) is 18.1 Å². The van der Waals surface area contributed by atoms with E-state index in [1.54, 1.807) is 43.0 Å². The fraction of sp³-hybridized carbons (Fsp3) is 0.429. The molecule has 1 amide bonds. The van der Waals surface area contributed by atoms with Gasteiger partial charge in [0.05, 0.1) is 17.8 Å². The molecule has 3 rings (SSSR count). The quantitative estimate of drug-likeness (QED) is 0.378. The number of amides is 1.